The number of carbonyl (C=O) groups is 2. The minimum absolute atomic E-state index is 0.195. The molecule has 0 unspecified atom stereocenters. The second-order valence-corrected chi connectivity index (χ2v) is 4.58. The Morgan fingerprint density at radius 3 is 2.45 bits per heavy atom. The van der Waals surface area contributed by atoms with Crippen LogP contribution in [0.2, 0.25) is 0 Å². The van der Waals surface area contributed by atoms with E-state index in [0.717, 1.165) is 5.56 Å². The summed E-state index contributed by atoms with van der Waals surface area (Å²) in [5.74, 6) is 5.14. The molecule has 0 radical (unpaired) electrons. The predicted molar refractivity (Wildman–Crippen MR) is 78.4 cm³/mol. The van der Waals surface area contributed by atoms with Crippen molar-refractivity contribution in [2.45, 2.75) is 6.92 Å². The Morgan fingerprint density at radius 1 is 1.20 bits per heavy atom. The molecule has 3 amide bonds. The average molecular weight is 279 g/mol. The number of hydrogen-bond acceptors (Lipinski definition) is 4. The maximum Gasteiger partial charge on any atom is 0.316 e. The van der Waals surface area contributed by atoms with E-state index in [-0.39, 0.29) is 11.9 Å². The molecular weight excluding hydrogens is 258 g/mol. The Morgan fingerprint density at radius 2 is 1.85 bits per heavy atom. The first kappa shape index (κ1) is 15.8. The van der Waals surface area contributed by atoms with Crippen molar-refractivity contribution in [1.29, 1.82) is 0 Å². The summed E-state index contributed by atoms with van der Waals surface area (Å²) in [6, 6.07) is 5.17. The van der Waals surface area contributed by atoms with Crippen LogP contribution >= 0.6 is 0 Å². The van der Waals surface area contributed by atoms with E-state index in [1.54, 1.807) is 26.2 Å². The molecule has 1 rings (SSSR count). The third-order valence-corrected chi connectivity index (χ3v) is 2.67. The number of benzene rings is 1. The molecule has 0 saturated carbocycles. The van der Waals surface area contributed by atoms with Gasteiger partial charge in [0.05, 0.1) is 11.3 Å². The number of nitrogens with zero attached hydrogens (tertiary/aromatic N) is 1. The second-order valence-electron chi connectivity index (χ2n) is 4.58. The van der Waals surface area contributed by atoms with Crippen molar-refractivity contribution in [3.05, 3.63) is 29.3 Å². The van der Waals surface area contributed by atoms with Crippen LogP contribution in [0, 0.1) is 6.92 Å². The molecule has 0 bridgehead atoms. The normalized spacial score (nSPS) is 9.80. The summed E-state index contributed by atoms with van der Waals surface area (Å²) in [4.78, 5) is 24.7. The van der Waals surface area contributed by atoms with Crippen molar-refractivity contribution in [1.82, 2.24) is 15.5 Å². The Balaban J connectivity index is 2.51. The standard InChI is InChI=1S/C13H21N5O2/c1-9-4-5-11(17-14)10(8-9)12(19)15-6-7-16-13(20)18(2)3/h4-5,8,17H,6-7,14H2,1-3H3,(H,15,19)(H,16,20). The molecular formula is C13H21N5O2. The lowest BCUT2D eigenvalue weighted by molar-refractivity contribution is 0.0954. The zero-order valence-electron chi connectivity index (χ0n) is 12.0. The van der Waals surface area contributed by atoms with E-state index in [2.05, 4.69) is 16.1 Å². The van der Waals surface area contributed by atoms with E-state index in [1.807, 2.05) is 13.0 Å². The summed E-state index contributed by atoms with van der Waals surface area (Å²) in [5, 5.41) is 5.39. The minimum atomic E-state index is -0.235. The second kappa shape index (κ2) is 7.34. The Kier molecular flexibility index (Phi) is 5.79. The van der Waals surface area contributed by atoms with Gasteiger partial charge in [-0.1, -0.05) is 11.6 Å². The van der Waals surface area contributed by atoms with Gasteiger partial charge in [0.2, 0.25) is 0 Å². The number of carbonyl (C=O) groups excluding carboxylic acids is 2. The minimum Gasteiger partial charge on any atom is -0.350 e. The number of anilines is 1. The molecule has 0 fully saturated rings. The number of aryl methyl sites for hydroxylation is 1. The SMILES string of the molecule is Cc1ccc(NN)c(C(=O)NCCNC(=O)N(C)C)c1. The van der Waals surface area contributed by atoms with Crippen LogP contribution in [0.4, 0.5) is 10.5 Å². The number of nitrogen functional groups attached to an aromatic ring is 1. The van der Waals surface area contributed by atoms with Gasteiger partial charge in [-0.25, -0.2) is 4.79 Å². The van der Waals surface area contributed by atoms with E-state index in [4.69, 9.17) is 5.84 Å². The molecule has 0 aliphatic rings. The molecule has 1 aromatic rings. The van der Waals surface area contributed by atoms with Gasteiger partial charge in [-0.2, -0.15) is 0 Å². The third-order valence-electron chi connectivity index (χ3n) is 2.67. The number of hydrazine groups is 1. The molecule has 20 heavy (non-hydrogen) atoms. The summed E-state index contributed by atoms with van der Waals surface area (Å²) in [6.45, 7) is 2.60. The van der Waals surface area contributed by atoms with Crippen molar-refractivity contribution < 1.29 is 9.59 Å². The summed E-state index contributed by atoms with van der Waals surface area (Å²) >= 11 is 0. The zero-order chi connectivity index (χ0) is 15.1. The van der Waals surface area contributed by atoms with Gasteiger partial charge in [0.25, 0.3) is 5.91 Å². The Hall–Kier alpha value is -2.28. The van der Waals surface area contributed by atoms with E-state index >= 15 is 0 Å². The van der Waals surface area contributed by atoms with Crippen LogP contribution in [0.5, 0.6) is 0 Å². The largest absolute Gasteiger partial charge is 0.350 e. The van der Waals surface area contributed by atoms with Crippen molar-refractivity contribution in [3.8, 4) is 0 Å². The number of hydrogen-bond donors (Lipinski definition) is 4. The molecule has 0 heterocycles. The Labute approximate surface area is 118 Å². The lowest BCUT2D eigenvalue weighted by Gasteiger charge is -2.13. The van der Waals surface area contributed by atoms with E-state index in [9.17, 15) is 9.59 Å². The summed E-state index contributed by atoms with van der Waals surface area (Å²) in [6.07, 6.45) is 0. The van der Waals surface area contributed by atoms with Gasteiger partial charge in [-0.15, -0.1) is 0 Å². The first-order valence-electron chi connectivity index (χ1n) is 6.26. The molecule has 7 nitrogen and oxygen atoms in total. The van der Waals surface area contributed by atoms with Crippen LogP contribution in [0.25, 0.3) is 0 Å². The van der Waals surface area contributed by atoms with Crippen LogP contribution in [0.15, 0.2) is 18.2 Å². The van der Waals surface area contributed by atoms with Crippen LogP contribution in [0.1, 0.15) is 15.9 Å². The van der Waals surface area contributed by atoms with Crippen LogP contribution in [0.3, 0.4) is 0 Å². The molecule has 0 aromatic heterocycles. The van der Waals surface area contributed by atoms with E-state index in [0.29, 0.717) is 24.3 Å². The number of nitrogens with one attached hydrogen (secondary N) is 3. The van der Waals surface area contributed by atoms with Crippen molar-refractivity contribution in [2.75, 3.05) is 32.6 Å². The van der Waals surface area contributed by atoms with Crippen molar-refractivity contribution >= 4 is 17.6 Å². The molecule has 7 heteroatoms. The van der Waals surface area contributed by atoms with E-state index in [1.165, 1.54) is 4.90 Å². The Bertz CT molecular complexity index is 488. The van der Waals surface area contributed by atoms with Gasteiger partial charge < -0.3 is 21.0 Å². The van der Waals surface area contributed by atoms with Gasteiger partial charge in [-0.3, -0.25) is 10.6 Å². The predicted octanol–water partition coefficient (Wildman–Crippen LogP) is 0.282. The topological polar surface area (TPSA) is 99.5 Å². The average Bonchev–Trinajstić information content (AvgIpc) is 2.42. The number of amides is 3. The molecule has 0 saturated heterocycles. The third kappa shape index (κ3) is 4.43. The highest BCUT2D eigenvalue weighted by molar-refractivity contribution is 5.99. The van der Waals surface area contributed by atoms with Crippen LogP contribution < -0.4 is 21.9 Å². The fourth-order valence-corrected chi connectivity index (χ4v) is 1.57. The lowest BCUT2D eigenvalue weighted by atomic mass is 10.1. The smallest absolute Gasteiger partial charge is 0.316 e. The molecule has 1 aromatic carbocycles. The molecule has 5 N–H and O–H groups in total. The fraction of sp³-hybridized carbons (Fsp3) is 0.385. The molecule has 0 atom stereocenters. The van der Waals surface area contributed by atoms with Crippen LogP contribution in [-0.4, -0.2) is 44.0 Å². The maximum atomic E-state index is 12.0. The van der Waals surface area contributed by atoms with Gasteiger partial charge in [-0.05, 0) is 19.1 Å². The maximum absolute atomic E-state index is 12.0. The van der Waals surface area contributed by atoms with Gasteiger partial charge in [0, 0.05) is 27.2 Å². The highest BCUT2D eigenvalue weighted by atomic mass is 16.2. The highest BCUT2D eigenvalue weighted by Crippen LogP contribution is 2.15. The number of nitrogens with two attached hydrogens (primary N) is 1. The van der Waals surface area contributed by atoms with E-state index < -0.39 is 0 Å². The van der Waals surface area contributed by atoms with Gasteiger partial charge in [0.1, 0.15) is 0 Å². The molecule has 0 aliphatic heterocycles. The fourth-order valence-electron chi connectivity index (χ4n) is 1.57. The van der Waals surface area contributed by atoms with Gasteiger partial charge >= 0.3 is 6.03 Å². The molecule has 0 spiro atoms. The van der Waals surface area contributed by atoms with Crippen molar-refractivity contribution in [2.24, 2.45) is 5.84 Å². The molecule has 0 aliphatic carbocycles. The van der Waals surface area contributed by atoms with Gasteiger partial charge in [0.15, 0.2) is 0 Å². The first-order valence-corrected chi connectivity index (χ1v) is 6.26. The van der Waals surface area contributed by atoms with Crippen molar-refractivity contribution in [3.63, 3.8) is 0 Å². The quantitative estimate of drug-likeness (QED) is 0.353. The highest BCUT2D eigenvalue weighted by Gasteiger charge is 2.10. The summed E-state index contributed by atoms with van der Waals surface area (Å²) in [7, 11) is 3.31. The number of rotatable bonds is 5. The monoisotopic (exact) mass is 279 g/mol. The summed E-state index contributed by atoms with van der Waals surface area (Å²) < 4.78 is 0. The van der Waals surface area contributed by atoms with Crippen LogP contribution in [-0.2, 0) is 0 Å². The zero-order valence-corrected chi connectivity index (χ0v) is 12.0. The lowest BCUT2D eigenvalue weighted by Crippen LogP contribution is -2.39. The molecule has 110 valence electrons. The summed E-state index contributed by atoms with van der Waals surface area (Å²) in [5.41, 5.74) is 4.50. The number of urea groups is 1. The first-order chi connectivity index (χ1) is 9.45.